The number of carbonyl (C=O) groups is 1. The third-order valence-electron chi connectivity index (χ3n) is 3.79. The molecule has 0 radical (unpaired) electrons. The molecule has 1 fully saturated rings. The van der Waals surface area contributed by atoms with Gasteiger partial charge in [0, 0.05) is 11.6 Å². The number of nitrogens with zero attached hydrogens (tertiary/aromatic N) is 1. The number of carbonyl (C=O) groups excluding carboxylic acids is 1. The van der Waals surface area contributed by atoms with E-state index in [2.05, 4.69) is 0 Å². The Bertz CT molecular complexity index is 548. The van der Waals surface area contributed by atoms with E-state index in [0.29, 0.717) is 24.1 Å². The van der Waals surface area contributed by atoms with Crippen LogP contribution in [-0.2, 0) is 11.3 Å². The largest absolute Gasteiger partial charge is 0.444 e. The van der Waals surface area contributed by atoms with Gasteiger partial charge in [-0.05, 0) is 38.3 Å². The molecule has 1 amide bonds. The van der Waals surface area contributed by atoms with Gasteiger partial charge in [0.15, 0.2) is 0 Å². The summed E-state index contributed by atoms with van der Waals surface area (Å²) in [6, 6.07) is 3.05. The zero-order valence-corrected chi connectivity index (χ0v) is 10.9. The third kappa shape index (κ3) is 1.98. The third-order valence-corrected chi connectivity index (χ3v) is 3.79. The fraction of sp³-hybridized carbons (Fsp3) is 0.500. The number of ether oxygens (including phenoxy) is 1. The Hall–Kier alpha value is -1.62. The fourth-order valence-electron chi connectivity index (χ4n) is 2.96. The molecule has 1 aliphatic heterocycles. The first-order valence-corrected chi connectivity index (χ1v) is 6.35. The number of hydrogen-bond acceptors (Lipinski definition) is 3. The molecular formula is C14H16FNO3. The van der Waals surface area contributed by atoms with E-state index < -0.39 is 17.5 Å². The van der Waals surface area contributed by atoms with Crippen LogP contribution in [0.15, 0.2) is 12.1 Å². The summed E-state index contributed by atoms with van der Waals surface area (Å²) >= 11 is 0. The molecule has 0 aromatic heterocycles. The molecule has 1 saturated carbocycles. The molecule has 0 unspecified atom stereocenters. The summed E-state index contributed by atoms with van der Waals surface area (Å²) in [6.45, 7) is 3.62. The van der Waals surface area contributed by atoms with Crippen molar-refractivity contribution in [1.29, 1.82) is 0 Å². The number of amides is 1. The maximum atomic E-state index is 14.2. The summed E-state index contributed by atoms with van der Waals surface area (Å²) in [7, 11) is 0. The van der Waals surface area contributed by atoms with Crippen LogP contribution < -0.4 is 4.90 Å². The number of aliphatic hydroxyl groups is 1. The van der Waals surface area contributed by atoms with E-state index in [1.807, 2.05) is 6.07 Å². The number of fused-ring (bicyclic) bond motifs is 1. The minimum atomic E-state index is -0.774. The van der Waals surface area contributed by atoms with E-state index in [-0.39, 0.29) is 12.6 Å². The van der Waals surface area contributed by atoms with Crippen molar-refractivity contribution in [2.45, 2.75) is 44.9 Å². The van der Waals surface area contributed by atoms with Gasteiger partial charge in [-0.15, -0.1) is 0 Å². The van der Waals surface area contributed by atoms with Crippen molar-refractivity contribution in [3.63, 3.8) is 0 Å². The minimum Gasteiger partial charge on any atom is -0.444 e. The summed E-state index contributed by atoms with van der Waals surface area (Å²) in [5.74, 6) is -0.404. The molecular weight excluding hydrogens is 249 g/mol. The number of benzene rings is 1. The minimum absolute atomic E-state index is 0.104. The molecule has 0 atom stereocenters. The molecule has 1 aromatic carbocycles. The highest BCUT2D eigenvalue weighted by Crippen LogP contribution is 2.41. The average Bonchev–Trinajstić information content (AvgIpc) is 2.26. The van der Waals surface area contributed by atoms with Crippen molar-refractivity contribution in [2.24, 2.45) is 0 Å². The van der Waals surface area contributed by atoms with Gasteiger partial charge in [0.1, 0.15) is 12.4 Å². The molecule has 2 aliphatic rings. The van der Waals surface area contributed by atoms with E-state index in [4.69, 9.17) is 4.74 Å². The van der Waals surface area contributed by atoms with Gasteiger partial charge < -0.3 is 9.84 Å². The van der Waals surface area contributed by atoms with Crippen molar-refractivity contribution >= 4 is 11.8 Å². The van der Waals surface area contributed by atoms with E-state index in [0.717, 1.165) is 5.56 Å². The van der Waals surface area contributed by atoms with Gasteiger partial charge in [-0.1, -0.05) is 6.07 Å². The molecule has 0 bridgehead atoms. The van der Waals surface area contributed by atoms with Gasteiger partial charge in [0.05, 0.1) is 11.3 Å². The Morgan fingerprint density at radius 1 is 1.47 bits per heavy atom. The van der Waals surface area contributed by atoms with Crippen LogP contribution in [0.5, 0.6) is 0 Å². The van der Waals surface area contributed by atoms with Gasteiger partial charge in [-0.25, -0.2) is 9.18 Å². The second-order valence-corrected chi connectivity index (χ2v) is 5.74. The highest BCUT2D eigenvalue weighted by Gasteiger charge is 2.46. The van der Waals surface area contributed by atoms with Crippen LogP contribution in [0.25, 0.3) is 0 Å². The number of aryl methyl sites for hydroxylation is 1. The molecule has 19 heavy (non-hydrogen) atoms. The smallest absolute Gasteiger partial charge is 0.414 e. The number of anilines is 1. The topological polar surface area (TPSA) is 49.8 Å². The Morgan fingerprint density at radius 2 is 2.16 bits per heavy atom. The van der Waals surface area contributed by atoms with Crippen molar-refractivity contribution < 1.29 is 19.0 Å². The number of cyclic esters (lactones) is 1. The van der Waals surface area contributed by atoms with Crippen LogP contribution in [0, 0.1) is 12.7 Å². The average molecular weight is 265 g/mol. The monoisotopic (exact) mass is 265 g/mol. The van der Waals surface area contributed by atoms with Crippen LogP contribution in [0.2, 0.25) is 0 Å². The maximum Gasteiger partial charge on any atom is 0.414 e. The van der Waals surface area contributed by atoms with Crippen molar-refractivity contribution in [3.8, 4) is 0 Å². The highest BCUT2D eigenvalue weighted by molar-refractivity contribution is 5.91. The molecule has 1 N–H and O–H groups in total. The zero-order chi connectivity index (χ0) is 13.8. The van der Waals surface area contributed by atoms with E-state index in [1.165, 1.54) is 11.0 Å². The number of hydrogen-bond donors (Lipinski definition) is 1. The lowest BCUT2D eigenvalue weighted by molar-refractivity contribution is -0.0315. The van der Waals surface area contributed by atoms with Crippen LogP contribution in [0.1, 0.15) is 30.9 Å². The summed E-state index contributed by atoms with van der Waals surface area (Å²) in [6.07, 6.45) is 0.347. The molecule has 5 heteroatoms. The molecule has 0 spiro atoms. The molecule has 0 saturated heterocycles. The van der Waals surface area contributed by atoms with Crippen molar-refractivity contribution in [2.75, 3.05) is 4.90 Å². The molecule has 1 aromatic rings. The highest BCUT2D eigenvalue weighted by atomic mass is 19.1. The zero-order valence-electron chi connectivity index (χ0n) is 10.9. The lowest BCUT2D eigenvalue weighted by Crippen LogP contribution is -2.57. The summed E-state index contributed by atoms with van der Waals surface area (Å²) in [4.78, 5) is 13.2. The first kappa shape index (κ1) is 12.4. The first-order chi connectivity index (χ1) is 8.87. The Labute approximate surface area is 110 Å². The van der Waals surface area contributed by atoms with Crippen LogP contribution in [0.3, 0.4) is 0 Å². The van der Waals surface area contributed by atoms with Crippen LogP contribution >= 0.6 is 0 Å². The normalized spacial score (nSPS) is 29.6. The number of halogens is 1. The second kappa shape index (κ2) is 3.93. The summed E-state index contributed by atoms with van der Waals surface area (Å²) < 4.78 is 19.2. The Morgan fingerprint density at radius 3 is 2.79 bits per heavy atom. The second-order valence-electron chi connectivity index (χ2n) is 5.74. The van der Waals surface area contributed by atoms with Crippen molar-refractivity contribution in [3.05, 3.63) is 29.1 Å². The molecule has 1 aliphatic carbocycles. The van der Waals surface area contributed by atoms with Gasteiger partial charge in [-0.2, -0.15) is 0 Å². The van der Waals surface area contributed by atoms with E-state index in [1.54, 1.807) is 13.8 Å². The summed E-state index contributed by atoms with van der Waals surface area (Å²) in [5, 5.41) is 9.79. The molecule has 1 heterocycles. The van der Waals surface area contributed by atoms with E-state index >= 15 is 0 Å². The van der Waals surface area contributed by atoms with Crippen LogP contribution in [-0.4, -0.2) is 22.8 Å². The predicted molar refractivity (Wildman–Crippen MR) is 67.4 cm³/mol. The van der Waals surface area contributed by atoms with Crippen molar-refractivity contribution in [1.82, 2.24) is 0 Å². The fourth-order valence-corrected chi connectivity index (χ4v) is 2.96. The number of rotatable bonds is 1. The Kier molecular flexibility index (Phi) is 2.57. The van der Waals surface area contributed by atoms with Gasteiger partial charge in [0.25, 0.3) is 0 Å². The predicted octanol–water partition coefficient (Wildman–Crippen LogP) is 2.50. The summed E-state index contributed by atoms with van der Waals surface area (Å²) in [5.41, 5.74) is 1.02. The molecule has 102 valence electrons. The van der Waals surface area contributed by atoms with Crippen LogP contribution in [0.4, 0.5) is 14.9 Å². The van der Waals surface area contributed by atoms with Gasteiger partial charge in [0.2, 0.25) is 0 Å². The lowest BCUT2D eigenvalue weighted by atomic mass is 9.76. The molecule has 4 nitrogen and oxygen atoms in total. The standard InChI is InChI=1S/C14H16FNO3/c1-8-3-9-7-19-13(17)16(12(9)11(15)4-8)10-5-14(2,18)6-10/h3-4,10,18H,5-7H2,1-2H3. The maximum absolute atomic E-state index is 14.2. The Balaban J connectivity index is 2.00. The van der Waals surface area contributed by atoms with E-state index in [9.17, 15) is 14.3 Å². The first-order valence-electron chi connectivity index (χ1n) is 6.35. The van der Waals surface area contributed by atoms with Gasteiger partial charge in [-0.3, -0.25) is 4.90 Å². The molecule has 3 rings (SSSR count). The lowest BCUT2D eigenvalue weighted by Gasteiger charge is -2.47. The van der Waals surface area contributed by atoms with Gasteiger partial charge >= 0.3 is 6.09 Å². The SMILES string of the molecule is Cc1cc(F)c2c(c1)COC(=O)N2C1CC(C)(O)C1. The quantitative estimate of drug-likeness (QED) is 0.848.